The molecule has 0 aromatic heterocycles. The van der Waals surface area contributed by atoms with E-state index in [1.807, 2.05) is 39.0 Å². The molecule has 1 heterocycles. The van der Waals surface area contributed by atoms with Crippen LogP contribution in [0.15, 0.2) is 30.3 Å². The van der Waals surface area contributed by atoms with Crippen LogP contribution in [0.4, 0.5) is 4.79 Å². The molecule has 1 aliphatic heterocycles. The molecule has 0 radical (unpaired) electrons. The predicted molar refractivity (Wildman–Crippen MR) is 99.7 cm³/mol. The number of carbonyl (C=O) groups is 2. The van der Waals surface area contributed by atoms with Gasteiger partial charge >= 0.3 is 12.1 Å². The highest BCUT2D eigenvalue weighted by Gasteiger charge is 2.34. The van der Waals surface area contributed by atoms with Gasteiger partial charge < -0.3 is 14.4 Å². The summed E-state index contributed by atoms with van der Waals surface area (Å²) in [5.74, 6) is -0.285. The van der Waals surface area contributed by atoms with Crippen molar-refractivity contribution in [3.63, 3.8) is 0 Å². The van der Waals surface area contributed by atoms with E-state index in [1.165, 1.54) is 5.56 Å². The maximum Gasteiger partial charge on any atom is 0.410 e. The van der Waals surface area contributed by atoms with E-state index in [9.17, 15) is 9.59 Å². The zero-order chi connectivity index (χ0) is 19.2. The first-order valence-corrected chi connectivity index (χ1v) is 9.20. The zero-order valence-corrected chi connectivity index (χ0v) is 16.2. The van der Waals surface area contributed by atoms with Gasteiger partial charge in [0, 0.05) is 26.2 Å². The number of nitrogens with zero attached hydrogens (tertiary/aromatic N) is 2. The smallest absolute Gasteiger partial charge is 0.410 e. The summed E-state index contributed by atoms with van der Waals surface area (Å²) in [4.78, 5) is 28.5. The number of rotatable bonds is 5. The number of amides is 1. The lowest BCUT2D eigenvalue weighted by Gasteiger charge is -2.41. The van der Waals surface area contributed by atoms with Crippen molar-refractivity contribution in [2.45, 2.75) is 52.3 Å². The molecule has 26 heavy (non-hydrogen) atoms. The van der Waals surface area contributed by atoms with Gasteiger partial charge in [0.15, 0.2) is 0 Å². The third kappa shape index (κ3) is 6.33. The number of esters is 1. The Kier molecular flexibility index (Phi) is 7.03. The van der Waals surface area contributed by atoms with Gasteiger partial charge in [0.05, 0.1) is 19.1 Å². The van der Waals surface area contributed by atoms with Gasteiger partial charge in [0.1, 0.15) is 5.60 Å². The Morgan fingerprint density at radius 3 is 2.46 bits per heavy atom. The van der Waals surface area contributed by atoms with Crippen LogP contribution >= 0.6 is 0 Å². The van der Waals surface area contributed by atoms with Crippen molar-refractivity contribution in [3.05, 3.63) is 35.9 Å². The van der Waals surface area contributed by atoms with E-state index in [-0.39, 0.29) is 24.5 Å². The summed E-state index contributed by atoms with van der Waals surface area (Å²) in [5, 5.41) is 0. The molecule has 1 aliphatic rings. The van der Waals surface area contributed by atoms with E-state index in [0.717, 1.165) is 13.1 Å². The summed E-state index contributed by atoms with van der Waals surface area (Å²) >= 11 is 0. The summed E-state index contributed by atoms with van der Waals surface area (Å²) in [7, 11) is 0. The molecule has 1 atom stereocenters. The second-order valence-corrected chi connectivity index (χ2v) is 7.56. The Morgan fingerprint density at radius 2 is 1.85 bits per heavy atom. The van der Waals surface area contributed by atoms with Crippen LogP contribution in [0.25, 0.3) is 0 Å². The Bertz CT molecular complexity index is 598. The van der Waals surface area contributed by atoms with Gasteiger partial charge in [-0.25, -0.2) is 4.79 Å². The van der Waals surface area contributed by atoms with Crippen molar-refractivity contribution in [1.29, 1.82) is 0 Å². The molecule has 0 saturated carbocycles. The molecule has 1 aromatic carbocycles. The van der Waals surface area contributed by atoms with Gasteiger partial charge in [0.25, 0.3) is 0 Å². The molecule has 0 spiro atoms. The van der Waals surface area contributed by atoms with E-state index < -0.39 is 5.60 Å². The molecule has 0 aliphatic carbocycles. The quantitative estimate of drug-likeness (QED) is 0.754. The monoisotopic (exact) mass is 362 g/mol. The molecular formula is C20H30N2O4. The summed E-state index contributed by atoms with van der Waals surface area (Å²) in [6, 6.07) is 9.95. The summed E-state index contributed by atoms with van der Waals surface area (Å²) in [6.45, 7) is 10.3. The standard InChI is InChI=1S/C20H30N2O4/c1-5-25-18(23)13-17-15-21(14-16-9-7-6-8-10-16)11-12-22(17)19(24)26-20(2,3)4/h6-10,17H,5,11-15H2,1-4H3. The molecule has 2 rings (SSSR count). The maximum atomic E-state index is 12.6. The summed E-state index contributed by atoms with van der Waals surface area (Å²) < 4.78 is 10.6. The molecule has 1 saturated heterocycles. The Hall–Kier alpha value is -2.08. The third-order valence-electron chi connectivity index (χ3n) is 4.15. The van der Waals surface area contributed by atoms with Gasteiger partial charge in [-0.2, -0.15) is 0 Å². The minimum Gasteiger partial charge on any atom is -0.466 e. The van der Waals surface area contributed by atoms with Crippen LogP contribution in [0.5, 0.6) is 0 Å². The SMILES string of the molecule is CCOC(=O)CC1CN(Cc2ccccc2)CCN1C(=O)OC(C)(C)C. The Balaban J connectivity index is 2.06. The Labute approximate surface area is 156 Å². The van der Waals surface area contributed by atoms with Crippen molar-refractivity contribution < 1.29 is 19.1 Å². The first kappa shape index (κ1) is 20.2. The fraction of sp³-hybridized carbons (Fsp3) is 0.600. The number of ether oxygens (including phenoxy) is 2. The molecule has 1 unspecified atom stereocenters. The van der Waals surface area contributed by atoms with Gasteiger partial charge in [-0.1, -0.05) is 30.3 Å². The van der Waals surface area contributed by atoms with Crippen LogP contribution in [0.2, 0.25) is 0 Å². The molecule has 6 heteroatoms. The Morgan fingerprint density at radius 1 is 1.15 bits per heavy atom. The van der Waals surface area contributed by atoms with E-state index in [4.69, 9.17) is 9.47 Å². The molecule has 0 bridgehead atoms. The van der Waals surface area contributed by atoms with Gasteiger partial charge in [-0.15, -0.1) is 0 Å². The van der Waals surface area contributed by atoms with E-state index >= 15 is 0 Å². The highest BCUT2D eigenvalue weighted by molar-refractivity contribution is 5.73. The molecule has 1 aromatic rings. The summed E-state index contributed by atoms with van der Waals surface area (Å²) in [6.07, 6.45) is -0.190. The van der Waals surface area contributed by atoms with Crippen molar-refractivity contribution in [2.75, 3.05) is 26.2 Å². The average molecular weight is 362 g/mol. The van der Waals surface area contributed by atoms with E-state index in [1.54, 1.807) is 11.8 Å². The van der Waals surface area contributed by atoms with E-state index in [2.05, 4.69) is 17.0 Å². The highest BCUT2D eigenvalue weighted by atomic mass is 16.6. The normalized spacial score (nSPS) is 18.5. The number of benzene rings is 1. The first-order valence-electron chi connectivity index (χ1n) is 9.20. The third-order valence-corrected chi connectivity index (χ3v) is 4.15. The van der Waals surface area contributed by atoms with Crippen LogP contribution < -0.4 is 0 Å². The predicted octanol–water partition coefficient (Wildman–Crippen LogP) is 3.06. The summed E-state index contributed by atoms with van der Waals surface area (Å²) in [5.41, 5.74) is 0.653. The van der Waals surface area contributed by atoms with Crippen LogP contribution in [0.1, 0.15) is 39.7 Å². The lowest BCUT2D eigenvalue weighted by molar-refractivity contribution is -0.145. The van der Waals surface area contributed by atoms with Crippen molar-refractivity contribution in [1.82, 2.24) is 9.80 Å². The topological polar surface area (TPSA) is 59.1 Å². The number of hydrogen-bond acceptors (Lipinski definition) is 5. The number of hydrogen-bond donors (Lipinski definition) is 0. The molecular weight excluding hydrogens is 332 g/mol. The van der Waals surface area contributed by atoms with Gasteiger partial charge in [-0.05, 0) is 33.3 Å². The van der Waals surface area contributed by atoms with Crippen LogP contribution in [-0.2, 0) is 20.8 Å². The van der Waals surface area contributed by atoms with Crippen molar-refractivity contribution in [2.24, 2.45) is 0 Å². The second-order valence-electron chi connectivity index (χ2n) is 7.56. The van der Waals surface area contributed by atoms with Crippen LogP contribution in [0.3, 0.4) is 0 Å². The van der Waals surface area contributed by atoms with Gasteiger partial charge in [-0.3, -0.25) is 9.69 Å². The molecule has 1 fully saturated rings. The fourth-order valence-corrected chi connectivity index (χ4v) is 3.05. The zero-order valence-electron chi connectivity index (χ0n) is 16.2. The van der Waals surface area contributed by atoms with Crippen LogP contribution in [-0.4, -0.2) is 59.7 Å². The minimum absolute atomic E-state index is 0.179. The van der Waals surface area contributed by atoms with Gasteiger partial charge in [0.2, 0.25) is 0 Å². The second kappa shape index (κ2) is 9.03. The minimum atomic E-state index is -0.563. The van der Waals surface area contributed by atoms with Crippen LogP contribution in [0, 0.1) is 0 Å². The number of piperazine rings is 1. The first-order chi connectivity index (χ1) is 12.3. The van der Waals surface area contributed by atoms with Crippen molar-refractivity contribution >= 4 is 12.1 Å². The molecule has 1 amide bonds. The molecule has 0 N–H and O–H groups in total. The lowest BCUT2D eigenvalue weighted by Crippen LogP contribution is -2.56. The fourth-order valence-electron chi connectivity index (χ4n) is 3.05. The van der Waals surface area contributed by atoms with E-state index in [0.29, 0.717) is 19.7 Å². The van der Waals surface area contributed by atoms with Crippen molar-refractivity contribution in [3.8, 4) is 0 Å². The number of carbonyl (C=O) groups excluding carboxylic acids is 2. The average Bonchev–Trinajstić information content (AvgIpc) is 2.54. The molecule has 6 nitrogen and oxygen atoms in total. The highest BCUT2D eigenvalue weighted by Crippen LogP contribution is 2.19. The lowest BCUT2D eigenvalue weighted by atomic mass is 10.1. The maximum absolute atomic E-state index is 12.6. The molecule has 144 valence electrons. The largest absolute Gasteiger partial charge is 0.466 e.